The van der Waals surface area contributed by atoms with Gasteiger partial charge in [0.25, 0.3) is 0 Å². The van der Waals surface area contributed by atoms with E-state index in [0.29, 0.717) is 6.54 Å². The lowest BCUT2D eigenvalue weighted by Crippen LogP contribution is -2.23. The van der Waals surface area contributed by atoms with Crippen molar-refractivity contribution in [3.05, 3.63) is 48.0 Å². The van der Waals surface area contributed by atoms with Crippen LogP contribution in [0.25, 0.3) is 10.8 Å². The lowest BCUT2D eigenvalue weighted by Gasteiger charge is -2.14. The molecule has 3 N–H and O–H groups in total. The third kappa shape index (κ3) is 1.27. The lowest BCUT2D eigenvalue weighted by molar-refractivity contribution is 0.249. The summed E-state index contributed by atoms with van der Waals surface area (Å²) in [4.78, 5) is 0. The van der Waals surface area contributed by atoms with Crippen LogP contribution in [0.5, 0.6) is 0 Å². The van der Waals surface area contributed by atoms with E-state index in [1.165, 1.54) is 16.3 Å². The van der Waals surface area contributed by atoms with Crippen LogP contribution in [0.2, 0.25) is 0 Å². The maximum Gasteiger partial charge on any atom is 0.0659 e. The van der Waals surface area contributed by atoms with Crippen LogP contribution >= 0.6 is 0 Å². The molecule has 1 fully saturated rings. The van der Waals surface area contributed by atoms with Gasteiger partial charge in [-0.2, -0.15) is 0 Å². The number of hydrogen-bond donors (Lipinski definition) is 2. The largest absolute Gasteiger partial charge is 0.392 e. The van der Waals surface area contributed by atoms with Gasteiger partial charge in [-0.05, 0) is 22.8 Å². The topological polar surface area (TPSA) is 46.2 Å². The maximum atomic E-state index is 9.72. The summed E-state index contributed by atoms with van der Waals surface area (Å²) in [5.41, 5.74) is 6.77. The van der Waals surface area contributed by atoms with Gasteiger partial charge < -0.3 is 10.8 Å². The Morgan fingerprint density at radius 2 is 1.88 bits per heavy atom. The summed E-state index contributed by atoms with van der Waals surface area (Å²) in [7, 11) is 0. The summed E-state index contributed by atoms with van der Waals surface area (Å²) in [6, 6.07) is 14.6. The molecular formula is C14H15NO. The van der Waals surface area contributed by atoms with Crippen LogP contribution in [0.3, 0.4) is 0 Å². The van der Waals surface area contributed by atoms with E-state index >= 15 is 0 Å². The zero-order chi connectivity index (χ0) is 11.2. The van der Waals surface area contributed by atoms with Crippen LogP contribution in [0, 0.1) is 0 Å². The van der Waals surface area contributed by atoms with Gasteiger partial charge in [0.1, 0.15) is 0 Å². The average molecular weight is 213 g/mol. The predicted molar refractivity (Wildman–Crippen MR) is 65.3 cm³/mol. The SMILES string of the molecule is NCC1(c2ccc3ccccc3c2)CC1O. The molecular weight excluding hydrogens is 198 g/mol. The smallest absolute Gasteiger partial charge is 0.0659 e. The van der Waals surface area contributed by atoms with E-state index in [-0.39, 0.29) is 11.5 Å². The molecule has 2 nitrogen and oxygen atoms in total. The monoisotopic (exact) mass is 213 g/mol. The van der Waals surface area contributed by atoms with Crippen LogP contribution < -0.4 is 5.73 Å². The molecule has 2 heteroatoms. The molecule has 0 aliphatic heterocycles. The molecule has 1 aliphatic carbocycles. The first-order chi connectivity index (χ1) is 7.76. The summed E-state index contributed by atoms with van der Waals surface area (Å²) in [6.07, 6.45) is 0.528. The van der Waals surface area contributed by atoms with Crippen molar-refractivity contribution in [3.8, 4) is 0 Å². The fourth-order valence-electron chi connectivity index (χ4n) is 2.43. The van der Waals surface area contributed by atoms with Crippen molar-refractivity contribution in [2.24, 2.45) is 5.73 Å². The highest BCUT2D eigenvalue weighted by Crippen LogP contribution is 2.47. The van der Waals surface area contributed by atoms with Crippen LogP contribution in [0.1, 0.15) is 12.0 Å². The van der Waals surface area contributed by atoms with E-state index in [0.717, 1.165) is 6.42 Å². The van der Waals surface area contributed by atoms with Gasteiger partial charge in [-0.15, -0.1) is 0 Å². The van der Waals surface area contributed by atoms with Crippen LogP contribution in [0.4, 0.5) is 0 Å². The number of aliphatic hydroxyl groups excluding tert-OH is 1. The minimum absolute atomic E-state index is 0.177. The Morgan fingerprint density at radius 1 is 1.19 bits per heavy atom. The van der Waals surface area contributed by atoms with Crippen molar-refractivity contribution in [1.29, 1.82) is 0 Å². The fraction of sp³-hybridized carbons (Fsp3) is 0.286. The fourth-order valence-corrected chi connectivity index (χ4v) is 2.43. The Labute approximate surface area is 94.7 Å². The summed E-state index contributed by atoms with van der Waals surface area (Å²) >= 11 is 0. The van der Waals surface area contributed by atoms with E-state index in [4.69, 9.17) is 5.73 Å². The number of benzene rings is 2. The summed E-state index contributed by atoms with van der Waals surface area (Å²) in [5.74, 6) is 0. The van der Waals surface area contributed by atoms with Gasteiger partial charge in [-0.1, -0.05) is 42.5 Å². The predicted octanol–water partition coefficient (Wildman–Crippen LogP) is 1.80. The summed E-state index contributed by atoms with van der Waals surface area (Å²) in [5, 5.41) is 12.2. The summed E-state index contributed by atoms with van der Waals surface area (Å²) in [6.45, 7) is 0.520. The molecule has 0 aromatic heterocycles. The first-order valence-corrected chi connectivity index (χ1v) is 5.64. The molecule has 0 radical (unpaired) electrons. The van der Waals surface area contributed by atoms with E-state index in [1.54, 1.807) is 0 Å². The van der Waals surface area contributed by atoms with E-state index in [9.17, 15) is 5.11 Å². The van der Waals surface area contributed by atoms with Gasteiger partial charge in [0.2, 0.25) is 0 Å². The van der Waals surface area contributed by atoms with Gasteiger partial charge in [0.15, 0.2) is 0 Å². The second-order valence-corrected chi connectivity index (χ2v) is 4.64. The molecule has 2 atom stereocenters. The third-order valence-corrected chi connectivity index (χ3v) is 3.72. The zero-order valence-electron chi connectivity index (χ0n) is 9.06. The van der Waals surface area contributed by atoms with Crippen LogP contribution in [-0.2, 0) is 5.41 Å². The molecule has 1 saturated carbocycles. The molecule has 2 aromatic rings. The van der Waals surface area contributed by atoms with Gasteiger partial charge in [-0.25, -0.2) is 0 Å². The molecule has 2 aromatic carbocycles. The Kier molecular flexibility index (Phi) is 2.03. The summed E-state index contributed by atoms with van der Waals surface area (Å²) < 4.78 is 0. The second kappa shape index (κ2) is 3.30. The first-order valence-electron chi connectivity index (χ1n) is 5.64. The maximum absolute atomic E-state index is 9.72. The molecule has 0 bridgehead atoms. The van der Waals surface area contributed by atoms with Crippen molar-refractivity contribution in [1.82, 2.24) is 0 Å². The minimum Gasteiger partial charge on any atom is -0.392 e. The molecule has 82 valence electrons. The molecule has 2 unspecified atom stereocenters. The second-order valence-electron chi connectivity index (χ2n) is 4.64. The quantitative estimate of drug-likeness (QED) is 0.799. The molecule has 0 saturated heterocycles. The van der Waals surface area contributed by atoms with Gasteiger partial charge in [-0.3, -0.25) is 0 Å². The Balaban J connectivity index is 2.12. The normalized spacial score (nSPS) is 28.2. The Morgan fingerprint density at radius 3 is 2.50 bits per heavy atom. The average Bonchev–Trinajstić information content (AvgIpc) is 3.01. The Bertz CT molecular complexity index is 533. The highest BCUT2D eigenvalue weighted by atomic mass is 16.3. The highest BCUT2D eigenvalue weighted by Gasteiger charge is 2.53. The van der Waals surface area contributed by atoms with Crippen LogP contribution in [0.15, 0.2) is 42.5 Å². The number of fused-ring (bicyclic) bond motifs is 1. The van der Waals surface area contributed by atoms with Gasteiger partial charge >= 0.3 is 0 Å². The molecule has 16 heavy (non-hydrogen) atoms. The van der Waals surface area contributed by atoms with Crippen molar-refractivity contribution in [3.63, 3.8) is 0 Å². The number of nitrogens with two attached hydrogens (primary N) is 1. The Hall–Kier alpha value is -1.38. The van der Waals surface area contributed by atoms with Crippen molar-refractivity contribution < 1.29 is 5.11 Å². The lowest BCUT2D eigenvalue weighted by atomic mass is 9.93. The number of aliphatic hydroxyl groups is 1. The third-order valence-electron chi connectivity index (χ3n) is 3.72. The van der Waals surface area contributed by atoms with Crippen molar-refractivity contribution in [2.45, 2.75) is 17.9 Å². The van der Waals surface area contributed by atoms with Crippen molar-refractivity contribution in [2.75, 3.05) is 6.54 Å². The molecule has 0 heterocycles. The highest BCUT2D eigenvalue weighted by molar-refractivity contribution is 5.83. The zero-order valence-corrected chi connectivity index (χ0v) is 9.06. The van der Waals surface area contributed by atoms with E-state index in [1.807, 2.05) is 12.1 Å². The molecule has 0 amide bonds. The van der Waals surface area contributed by atoms with E-state index in [2.05, 4.69) is 30.3 Å². The number of hydrogen-bond acceptors (Lipinski definition) is 2. The van der Waals surface area contributed by atoms with Gasteiger partial charge in [0, 0.05) is 12.0 Å². The van der Waals surface area contributed by atoms with Gasteiger partial charge in [0.05, 0.1) is 6.10 Å². The molecule has 3 rings (SSSR count). The minimum atomic E-state index is -0.265. The standard InChI is InChI=1S/C14H15NO/c15-9-14(8-13(14)16)12-6-5-10-3-1-2-4-11(10)7-12/h1-7,13,16H,8-9,15H2. The van der Waals surface area contributed by atoms with Crippen LogP contribution in [-0.4, -0.2) is 17.8 Å². The number of rotatable bonds is 2. The molecule has 0 spiro atoms. The van der Waals surface area contributed by atoms with E-state index < -0.39 is 0 Å². The first kappa shape index (κ1) is 9.82. The van der Waals surface area contributed by atoms with Crippen molar-refractivity contribution >= 4 is 10.8 Å². The molecule has 1 aliphatic rings.